The van der Waals surface area contributed by atoms with Crippen LogP contribution >= 0.6 is 0 Å². The molecule has 0 unspecified atom stereocenters. The van der Waals surface area contributed by atoms with Crippen LogP contribution in [-0.4, -0.2) is 6.21 Å². The number of nitrogens with zero attached hydrogens (tertiary/aromatic N) is 1. The summed E-state index contributed by atoms with van der Waals surface area (Å²) in [6.07, 6.45) is 6.49. The third-order valence-corrected chi connectivity index (χ3v) is 2.28. The van der Waals surface area contributed by atoms with Crippen LogP contribution in [0.5, 0.6) is 0 Å². The van der Waals surface area contributed by atoms with Gasteiger partial charge in [0.2, 0.25) is 0 Å². The highest BCUT2D eigenvalue weighted by molar-refractivity contribution is 5.74. The van der Waals surface area contributed by atoms with Gasteiger partial charge in [0, 0.05) is 12.4 Å². The van der Waals surface area contributed by atoms with Crippen molar-refractivity contribution in [2.75, 3.05) is 0 Å². The number of benzene rings is 1. The molecular weight excluding hydrogens is 182 g/mol. The summed E-state index contributed by atoms with van der Waals surface area (Å²) in [7, 11) is 0. The van der Waals surface area contributed by atoms with Crippen molar-refractivity contribution in [3.05, 3.63) is 54.2 Å². The second kappa shape index (κ2) is 5.97. The van der Waals surface area contributed by atoms with E-state index in [2.05, 4.69) is 42.8 Å². The van der Waals surface area contributed by atoms with Crippen molar-refractivity contribution in [3.63, 3.8) is 0 Å². The second-order valence-corrected chi connectivity index (χ2v) is 3.25. The molecule has 0 aromatic heterocycles. The fraction of sp³-hybridized carbons (Fsp3) is 0.214. The summed E-state index contributed by atoms with van der Waals surface area (Å²) in [6, 6.07) is 8.50. The van der Waals surface area contributed by atoms with Gasteiger partial charge < -0.3 is 0 Å². The summed E-state index contributed by atoms with van der Waals surface area (Å²) in [4.78, 5) is 4.10. The third-order valence-electron chi connectivity index (χ3n) is 2.28. The maximum Gasteiger partial charge on any atom is 0.0342 e. The molecule has 0 amide bonds. The van der Waals surface area contributed by atoms with Gasteiger partial charge in [0.05, 0.1) is 0 Å². The largest absolute Gasteiger partial charge is 0.269 e. The number of hydrogen-bond acceptors (Lipinski definition) is 1. The van der Waals surface area contributed by atoms with E-state index in [-0.39, 0.29) is 0 Å². The Morgan fingerprint density at radius 3 is 2.47 bits per heavy atom. The van der Waals surface area contributed by atoms with Gasteiger partial charge in [-0.2, -0.15) is 0 Å². The smallest absolute Gasteiger partial charge is 0.0342 e. The minimum Gasteiger partial charge on any atom is -0.269 e. The van der Waals surface area contributed by atoms with Crippen molar-refractivity contribution in [2.45, 2.75) is 20.3 Å². The first-order valence-corrected chi connectivity index (χ1v) is 5.21. The molecule has 1 aromatic carbocycles. The number of hydrogen-bond donors (Lipinski definition) is 0. The average Bonchev–Trinajstić information content (AvgIpc) is 2.31. The minimum absolute atomic E-state index is 1.05. The lowest BCUT2D eigenvalue weighted by atomic mass is 10.0. The van der Waals surface area contributed by atoms with Gasteiger partial charge in [-0.05, 0) is 30.0 Å². The zero-order valence-electron chi connectivity index (χ0n) is 9.40. The van der Waals surface area contributed by atoms with E-state index in [0.717, 1.165) is 17.6 Å². The van der Waals surface area contributed by atoms with Gasteiger partial charge in [-0.3, -0.25) is 4.99 Å². The van der Waals surface area contributed by atoms with Crippen LogP contribution < -0.4 is 0 Å². The summed E-state index contributed by atoms with van der Waals surface area (Å²) in [5.74, 6) is 0. The van der Waals surface area contributed by atoms with Crippen LogP contribution in [0, 0.1) is 0 Å². The van der Waals surface area contributed by atoms with Gasteiger partial charge in [-0.1, -0.05) is 43.8 Å². The minimum atomic E-state index is 1.05. The molecule has 0 aliphatic heterocycles. The van der Waals surface area contributed by atoms with Gasteiger partial charge >= 0.3 is 0 Å². The molecule has 1 rings (SSSR count). The Kier molecular flexibility index (Phi) is 4.55. The molecule has 0 N–H and O–H groups in total. The molecule has 0 spiro atoms. The molecule has 0 radical (unpaired) electrons. The van der Waals surface area contributed by atoms with Gasteiger partial charge in [-0.25, -0.2) is 0 Å². The number of aliphatic imine (C=N–C) groups is 1. The lowest BCUT2D eigenvalue weighted by molar-refractivity contribution is 1.14. The summed E-state index contributed by atoms with van der Waals surface area (Å²) in [5.41, 5.74) is 3.56. The highest BCUT2D eigenvalue weighted by Gasteiger charge is 1.96. The van der Waals surface area contributed by atoms with Crippen molar-refractivity contribution in [2.24, 2.45) is 4.99 Å². The molecule has 78 valence electrons. The fourth-order valence-corrected chi connectivity index (χ4v) is 1.33. The highest BCUT2D eigenvalue weighted by Crippen LogP contribution is 2.16. The quantitative estimate of drug-likeness (QED) is 0.515. The maximum absolute atomic E-state index is 4.10. The molecule has 0 atom stereocenters. The first-order valence-electron chi connectivity index (χ1n) is 5.21. The van der Waals surface area contributed by atoms with Crippen molar-refractivity contribution in [3.8, 4) is 0 Å². The van der Waals surface area contributed by atoms with E-state index < -0.39 is 0 Å². The van der Waals surface area contributed by atoms with Gasteiger partial charge in [0.15, 0.2) is 0 Å². The first kappa shape index (κ1) is 11.4. The molecule has 1 heteroatoms. The van der Waals surface area contributed by atoms with Gasteiger partial charge in [-0.15, -0.1) is 0 Å². The fourth-order valence-electron chi connectivity index (χ4n) is 1.33. The van der Waals surface area contributed by atoms with E-state index >= 15 is 0 Å². The second-order valence-electron chi connectivity index (χ2n) is 3.25. The molecule has 0 bridgehead atoms. The Hall–Kier alpha value is -1.63. The van der Waals surface area contributed by atoms with Crippen LogP contribution in [0.2, 0.25) is 0 Å². The Bertz CT molecular complexity index is 369. The Morgan fingerprint density at radius 2 is 2.00 bits per heavy atom. The van der Waals surface area contributed by atoms with E-state index in [1.165, 1.54) is 5.56 Å². The van der Waals surface area contributed by atoms with E-state index in [9.17, 15) is 0 Å². The molecule has 1 aromatic rings. The molecule has 0 heterocycles. The standard InChI is InChI=1S/C14H17N/c1-4-12-7-9-14(10-8-12)13(5-2)11-15-6-3/h5-11H,2,4H2,1,3H3/b13-11+,15-6?. The van der Waals surface area contributed by atoms with Crippen molar-refractivity contribution in [1.29, 1.82) is 0 Å². The monoisotopic (exact) mass is 199 g/mol. The molecule has 0 fully saturated rings. The van der Waals surface area contributed by atoms with Gasteiger partial charge in [0.1, 0.15) is 0 Å². The molecular formula is C14H17N. The van der Waals surface area contributed by atoms with E-state index in [1.54, 1.807) is 6.21 Å². The molecule has 0 saturated carbocycles. The number of allylic oxidation sites excluding steroid dienone is 2. The van der Waals surface area contributed by atoms with E-state index in [0.29, 0.717) is 0 Å². The summed E-state index contributed by atoms with van der Waals surface area (Å²) < 4.78 is 0. The zero-order chi connectivity index (χ0) is 11.1. The molecule has 15 heavy (non-hydrogen) atoms. The third kappa shape index (κ3) is 3.21. The normalized spacial score (nSPS) is 12.0. The molecule has 0 aliphatic rings. The number of rotatable bonds is 4. The van der Waals surface area contributed by atoms with Crippen LogP contribution in [0.1, 0.15) is 25.0 Å². The van der Waals surface area contributed by atoms with Crippen LogP contribution in [0.25, 0.3) is 5.57 Å². The molecule has 0 saturated heterocycles. The zero-order valence-corrected chi connectivity index (χ0v) is 9.40. The van der Waals surface area contributed by atoms with Crippen LogP contribution in [0.4, 0.5) is 0 Å². The van der Waals surface area contributed by atoms with Crippen LogP contribution in [-0.2, 0) is 6.42 Å². The summed E-state index contributed by atoms with van der Waals surface area (Å²) in [6.45, 7) is 7.84. The summed E-state index contributed by atoms with van der Waals surface area (Å²) >= 11 is 0. The van der Waals surface area contributed by atoms with Crippen molar-refractivity contribution < 1.29 is 0 Å². The Morgan fingerprint density at radius 1 is 1.33 bits per heavy atom. The Labute approximate surface area is 91.9 Å². The first-order chi connectivity index (χ1) is 7.31. The van der Waals surface area contributed by atoms with Gasteiger partial charge in [0.25, 0.3) is 0 Å². The maximum atomic E-state index is 4.10. The topological polar surface area (TPSA) is 12.4 Å². The average molecular weight is 199 g/mol. The SMILES string of the molecule is C=C/C(=C\N=CC)c1ccc(CC)cc1. The molecule has 1 nitrogen and oxygen atoms in total. The lowest BCUT2D eigenvalue weighted by Gasteiger charge is -2.02. The Balaban J connectivity index is 2.97. The predicted molar refractivity (Wildman–Crippen MR) is 68.2 cm³/mol. The van der Waals surface area contributed by atoms with Crippen molar-refractivity contribution in [1.82, 2.24) is 0 Å². The highest BCUT2D eigenvalue weighted by atomic mass is 14.7. The molecule has 0 aliphatic carbocycles. The summed E-state index contributed by atoms with van der Waals surface area (Å²) in [5, 5.41) is 0. The van der Waals surface area contributed by atoms with E-state index in [1.807, 2.05) is 19.2 Å². The lowest BCUT2D eigenvalue weighted by Crippen LogP contribution is -1.83. The predicted octanol–water partition coefficient (Wildman–Crippen LogP) is 3.87. The number of aryl methyl sites for hydroxylation is 1. The van der Waals surface area contributed by atoms with Crippen LogP contribution in [0.15, 0.2) is 48.1 Å². The van der Waals surface area contributed by atoms with Crippen molar-refractivity contribution >= 4 is 11.8 Å². The van der Waals surface area contributed by atoms with E-state index in [4.69, 9.17) is 0 Å². The van der Waals surface area contributed by atoms with Crippen LogP contribution in [0.3, 0.4) is 0 Å².